The van der Waals surface area contributed by atoms with Gasteiger partial charge in [0, 0.05) is 0 Å². The Balaban J connectivity index is 0.965. The first-order valence-corrected chi connectivity index (χ1v) is 18.5. The lowest BCUT2D eigenvalue weighted by molar-refractivity contribution is -0.178. The molecule has 4 unspecified atom stereocenters. The number of carbonyl (C=O) groups is 2. The summed E-state index contributed by atoms with van der Waals surface area (Å²) in [6.45, 7) is 0. The molecule has 0 saturated heterocycles. The van der Waals surface area contributed by atoms with Crippen LogP contribution in [0, 0.1) is 71.0 Å². The smallest absolute Gasteiger partial charge is 0.317 e. The van der Waals surface area contributed by atoms with Crippen molar-refractivity contribution in [3.05, 3.63) is 0 Å². The van der Waals surface area contributed by atoms with Crippen molar-refractivity contribution in [2.75, 3.05) is 0 Å². The zero-order valence-corrected chi connectivity index (χ0v) is 25.6. The first-order valence-electron chi connectivity index (χ1n) is 18.5. The van der Waals surface area contributed by atoms with Crippen LogP contribution in [0.5, 0.6) is 0 Å². The molecule has 8 bridgehead atoms. The van der Waals surface area contributed by atoms with Crippen molar-refractivity contribution in [1.82, 2.24) is 0 Å². The van der Waals surface area contributed by atoms with Crippen molar-refractivity contribution < 1.29 is 19.1 Å². The molecule has 228 valence electrons. The average Bonchev–Trinajstić information content (AvgIpc) is 3.04. The minimum Gasteiger partial charge on any atom is -0.461 e. The zero-order chi connectivity index (χ0) is 27.5. The van der Waals surface area contributed by atoms with Crippen molar-refractivity contribution in [1.29, 1.82) is 0 Å². The van der Waals surface area contributed by atoms with Crippen LogP contribution in [0.2, 0.25) is 0 Å². The molecule has 0 spiro atoms. The first kappa shape index (κ1) is 27.5. The van der Waals surface area contributed by atoms with Crippen LogP contribution < -0.4 is 0 Å². The monoisotopic (exact) mass is 564 g/mol. The highest BCUT2D eigenvalue weighted by molar-refractivity contribution is 5.91. The van der Waals surface area contributed by atoms with Crippen molar-refractivity contribution in [3.63, 3.8) is 0 Å². The Labute approximate surface area is 248 Å². The van der Waals surface area contributed by atoms with E-state index in [1.54, 1.807) is 0 Å². The molecule has 0 aromatic heterocycles. The fourth-order valence-electron chi connectivity index (χ4n) is 12.8. The van der Waals surface area contributed by atoms with E-state index in [1.807, 2.05) is 0 Å². The normalized spacial score (nSPS) is 47.6. The molecule has 0 heterocycles. The fraction of sp³-hybridized carbons (Fsp3) is 0.946. The molecule has 41 heavy (non-hydrogen) atoms. The SMILES string of the molecule is O=C(CC(=O)OC(C1CC2CCC1CC2)C1CC2CCC1CC2)OC(C1CC2CCC1CC2)C1CC2CCC1CC2. The van der Waals surface area contributed by atoms with Crippen LogP contribution in [0.25, 0.3) is 0 Å². The molecule has 12 fully saturated rings. The predicted octanol–water partition coefficient (Wildman–Crippen LogP) is 8.51. The van der Waals surface area contributed by atoms with Gasteiger partial charge in [-0.25, -0.2) is 0 Å². The fourth-order valence-corrected chi connectivity index (χ4v) is 12.8. The number of carbonyl (C=O) groups excluding carboxylic acids is 2. The molecule has 0 N–H and O–H groups in total. The maximum Gasteiger partial charge on any atom is 0.317 e. The highest BCUT2D eigenvalue weighted by Gasteiger charge is 2.51. The van der Waals surface area contributed by atoms with Crippen molar-refractivity contribution in [2.45, 2.75) is 147 Å². The maximum absolute atomic E-state index is 13.6. The van der Waals surface area contributed by atoms with Gasteiger partial charge in [0.15, 0.2) is 0 Å². The van der Waals surface area contributed by atoms with Crippen LogP contribution in [-0.4, -0.2) is 24.1 Å². The highest BCUT2D eigenvalue weighted by atomic mass is 16.6. The summed E-state index contributed by atoms with van der Waals surface area (Å²) < 4.78 is 13.1. The van der Waals surface area contributed by atoms with E-state index in [0.29, 0.717) is 23.7 Å². The highest BCUT2D eigenvalue weighted by Crippen LogP contribution is 2.55. The first-order chi connectivity index (χ1) is 20.1. The Morgan fingerprint density at radius 3 is 0.854 bits per heavy atom. The summed E-state index contributed by atoms with van der Waals surface area (Å²) in [7, 11) is 0. The van der Waals surface area contributed by atoms with Gasteiger partial charge in [-0.15, -0.1) is 0 Å². The van der Waals surface area contributed by atoms with E-state index in [1.165, 1.54) is 128 Å². The van der Waals surface area contributed by atoms with Crippen molar-refractivity contribution >= 4 is 11.9 Å². The van der Waals surface area contributed by atoms with Gasteiger partial charge in [0.1, 0.15) is 18.6 Å². The summed E-state index contributed by atoms with van der Waals surface area (Å²) in [5.41, 5.74) is 0. The summed E-state index contributed by atoms with van der Waals surface area (Å²) in [6.07, 6.45) is 26.4. The zero-order valence-electron chi connectivity index (χ0n) is 25.6. The van der Waals surface area contributed by atoms with E-state index in [0.717, 1.165) is 47.3 Å². The van der Waals surface area contributed by atoms with Gasteiger partial charge in [0.2, 0.25) is 0 Å². The molecule has 12 aliphatic rings. The summed E-state index contributed by atoms with van der Waals surface area (Å²) in [5.74, 6) is 7.73. The Morgan fingerprint density at radius 1 is 0.415 bits per heavy atom. The van der Waals surface area contributed by atoms with Gasteiger partial charge in [-0.3, -0.25) is 9.59 Å². The third kappa shape index (κ3) is 5.43. The molecule has 4 heteroatoms. The lowest BCUT2D eigenvalue weighted by atomic mass is 9.56. The van der Waals surface area contributed by atoms with E-state index in [4.69, 9.17) is 9.47 Å². The minimum absolute atomic E-state index is 0.0375. The second-order valence-corrected chi connectivity index (χ2v) is 16.8. The molecular formula is C37H56O4. The van der Waals surface area contributed by atoms with Crippen LogP contribution in [0.15, 0.2) is 0 Å². The Morgan fingerprint density at radius 2 is 0.659 bits per heavy atom. The molecule has 12 aliphatic carbocycles. The second kappa shape index (κ2) is 11.5. The molecule has 12 rings (SSSR count). The molecule has 0 aromatic carbocycles. The Kier molecular flexibility index (Phi) is 7.68. The molecular weight excluding hydrogens is 508 g/mol. The van der Waals surface area contributed by atoms with Crippen LogP contribution in [0.4, 0.5) is 0 Å². The average molecular weight is 565 g/mol. The lowest BCUT2D eigenvalue weighted by Crippen LogP contribution is -2.49. The molecule has 0 amide bonds. The quantitative estimate of drug-likeness (QED) is 0.219. The number of ether oxygens (including phenoxy) is 2. The molecule has 4 nitrogen and oxygen atoms in total. The van der Waals surface area contributed by atoms with Gasteiger partial charge in [-0.05, 0) is 148 Å². The summed E-state index contributed by atoms with van der Waals surface area (Å²) in [4.78, 5) is 27.3. The maximum atomic E-state index is 13.6. The van der Waals surface area contributed by atoms with Crippen LogP contribution in [-0.2, 0) is 19.1 Å². The molecule has 4 atom stereocenters. The second-order valence-electron chi connectivity index (χ2n) is 16.8. The molecule has 0 aliphatic heterocycles. The van der Waals surface area contributed by atoms with Crippen LogP contribution in [0.1, 0.15) is 135 Å². The van der Waals surface area contributed by atoms with Gasteiger partial charge in [0.05, 0.1) is 0 Å². The Hall–Kier alpha value is -1.06. The van der Waals surface area contributed by atoms with Gasteiger partial charge in [0.25, 0.3) is 0 Å². The van der Waals surface area contributed by atoms with E-state index in [2.05, 4.69) is 0 Å². The van der Waals surface area contributed by atoms with E-state index >= 15 is 0 Å². The lowest BCUT2D eigenvalue weighted by Gasteiger charge is -2.52. The van der Waals surface area contributed by atoms with Gasteiger partial charge in [-0.1, -0.05) is 51.4 Å². The number of rotatable bonds is 8. The van der Waals surface area contributed by atoms with Gasteiger partial charge >= 0.3 is 11.9 Å². The molecule has 12 saturated carbocycles. The number of hydrogen-bond donors (Lipinski definition) is 0. The van der Waals surface area contributed by atoms with Crippen molar-refractivity contribution in [2.24, 2.45) is 71.0 Å². The number of hydrogen-bond acceptors (Lipinski definition) is 4. The van der Waals surface area contributed by atoms with Crippen LogP contribution >= 0.6 is 0 Å². The van der Waals surface area contributed by atoms with Crippen LogP contribution in [0.3, 0.4) is 0 Å². The third-order valence-electron chi connectivity index (χ3n) is 14.9. The molecule has 0 aromatic rings. The van der Waals surface area contributed by atoms with E-state index in [9.17, 15) is 9.59 Å². The van der Waals surface area contributed by atoms with E-state index in [-0.39, 0.29) is 30.6 Å². The van der Waals surface area contributed by atoms with E-state index < -0.39 is 0 Å². The van der Waals surface area contributed by atoms with Crippen molar-refractivity contribution in [3.8, 4) is 0 Å². The topological polar surface area (TPSA) is 52.6 Å². The van der Waals surface area contributed by atoms with Gasteiger partial charge < -0.3 is 9.47 Å². The number of esters is 2. The summed E-state index contributed by atoms with van der Waals surface area (Å²) in [6, 6.07) is 0. The molecule has 0 radical (unpaired) electrons. The van der Waals surface area contributed by atoms with Gasteiger partial charge in [-0.2, -0.15) is 0 Å². The summed E-state index contributed by atoms with van der Waals surface area (Å²) in [5, 5.41) is 0. The largest absolute Gasteiger partial charge is 0.461 e. The summed E-state index contributed by atoms with van der Waals surface area (Å²) >= 11 is 0. The Bertz CT molecular complexity index is 808. The third-order valence-corrected chi connectivity index (χ3v) is 14.9. The standard InChI is InChI=1S/C37H56O4/c38-34(40-36(30-17-22-1-9-26(30)10-2-22)31-18-23-3-11-27(31)12-4-23)21-35(39)41-37(32-19-24-5-13-28(32)14-6-24)33-20-25-7-15-29(33)16-8-25/h22-33,36-37H,1-21H2. The number of fused-ring (bicyclic) bond motifs is 12. The predicted molar refractivity (Wildman–Crippen MR) is 159 cm³/mol. The minimum atomic E-state index is -0.281.